The van der Waals surface area contributed by atoms with Crippen LogP contribution in [-0.4, -0.2) is 72.0 Å². The molecule has 0 radical (unpaired) electrons. The van der Waals surface area contributed by atoms with E-state index in [1.54, 1.807) is 7.11 Å². The molecule has 1 saturated heterocycles. The van der Waals surface area contributed by atoms with Crippen molar-refractivity contribution in [2.45, 2.75) is 124 Å². The largest absolute Gasteiger partial charge is 0.458 e. The molecular weight excluding hydrogens is 512 g/mol. The lowest BCUT2D eigenvalue weighted by atomic mass is 9.80. The third-order valence-electron chi connectivity index (χ3n) is 8.38. The van der Waals surface area contributed by atoms with Gasteiger partial charge in [-0.25, -0.2) is 0 Å². The van der Waals surface area contributed by atoms with Gasteiger partial charge >= 0.3 is 11.9 Å². The molecule has 0 aliphatic carbocycles. The first-order valence-corrected chi connectivity index (χ1v) is 14.7. The molecule has 10 atom stereocenters. The SMILES string of the molecule is CC[C@H](OC)[C@@H](C)[C@H]1O[C@@H]1[C@H](O)[C@H](C)/C=C/C=C(\C)[C@H]1OC(=O)C[C@H](O)CCC(C)(C)[C@H](OC(C)=O)/C=C/[C@@H]1C. The molecule has 2 aliphatic rings. The van der Waals surface area contributed by atoms with Crippen molar-refractivity contribution in [2.75, 3.05) is 7.11 Å². The number of aliphatic hydroxyl groups excluding tert-OH is 2. The third-order valence-corrected chi connectivity index (χ3v) is 8.38. The highest BCUT2D eigenvalue weighted by Gasteiger charge is 2.50. The van der Waals surface area contributed by atoms with Gasteiger partial charge in [-0.1, -0.05) is 65.8 Å². The predicted octanol–water partition coefficient (Wildman–Crippen LogP) is 4.92. The summed E-state index contributed by atoms with van der Waals surface area (Å²) in [6, 6.07) is 0. The van der Waals surface area contributed by atoms with Crippen LogP contribution in [0, 0.1) is 23.2 Å². The molecule has 2 rings (SSSR count). The van der Waals surface area contributed by atoms with Gasteiger partial charge < -0.3 is 29.2 Å². The molecule has 8 heteroatoms. The first kappa shape index (κ1) is 34.2. The van der Waals surface area contributed by atoms with Gasteiger partial charge in [0.1, 0.15) is 18.3 Å². The fraction of sp³-hybridized carbons (Fsp3) is 0.750. The molecule has 2 heterocycles. The maximum Gasteiger partial charge on any atom is 0.309 e. The van der Waals surface area contributed by atoms with Gasteiger partial charge in [0.15, 0.2) is 0 Å². The Morgan fingerprint density at radius 2 is 1.90 bits per heavy atom. The number of hydrogen-bond donors (Lipinski definition) is 2. The maximum absolute atomic E-state index is 12.7. The molecule has 0 unspecified atom stereocenters. The van der Waals surface area contributed by atoms with Crippen molar-refractivity contribution in [3.8, 4) is 0 Å². The van der Waals surface area contributed by atoms with Crippen molar-refractivity contribution in [2.24, 2.45) is 23.2 Å². The topological polar surface area (TPSA) is 115 Å². The van der Waals surface area contributed by atoms with Crippen molar-refractivity contribution in [3.63, 3.8) is 0 Å². The average Bonchev–Trinajstić information content (AvgIpc) is 3.68. The lowest BCUT2D eigenvalue weighted by Crippen LogP contribution is -2.35. The highest BCUT2D eigenvalue weighted by molar-refractivity contribution is 5.70. The van der Waals surface area contributed by atoms with Crippen molar-refractivity contribution in [1.82, 2.24) is 0 Å². The van der Waals surface area contributed by atoms with Crippen LogP contribution in [0.4, 0.5) is 0 Å². The van der Waals surface area contributed by atoms with E-state index < -0.39 is 35.8 Å². The normalized spacial score (nSPS) is 33.6. The van der Waals surface area contributed by atoms with Gasteiger partial charge in [0, 0.05) is 37.2 Å². The Balaban J connectivity index is 2.16. The zero-order valence-electron chi connectivity index (χ0n) is 25.8. The second kappa shape index (κ2) is 15.3. The van der Waals surface area contributed by atoms with Crippen molar-refractivity contribution in [3.05, 3.63) is 36.0 Å². The second-order valence-corrected chi connectivity index (χ2v) is 12.3. The van der Waals surface area contributed by atoms with Crippen LogP contribution in [0.15, 0.2) is 36.0 Å². The van der Waals surface area contributed by atoms with Crippen molar-refractivity contribution >= 4 is 11.9 Å². The highest BCUT2D eigenvalue weighted by atomic mass is 16.6. The van der Waals surface area contributed by atoms with Crippen molar-refractivity contribution < 1.29 is 38.7 Å². The van der Waals surface area contributed by atoms with Crippen LogP contribution in [0.3, 0.4) is 0 Å². The number of esters is 2. The molecule has 0 amide bonds. The number of ether oxygens (including phenoxy) is 4. The number of cyclic esters (lactones) is 1. The fourth-order valence-electron chi connectivity index (χ4n) is 5.48. The average molecular weight is 565 g/mol. The predicted molar refractivity (Wildman–Crippen MR) is 154 cm³/mol. The lowest BCUT2D eigenvalue weighted by molar-refractivity contribution is -0.151. The molecule has 40 heavy (non-hydrogen) atoms. The molecular formula is C32H52O8. The molecule has 228 valence electrons. The van der Waals surface area contributed by atoms with E-state index in [0.29, 0.717) is 12.8 Å². The van der Waals surface area contributed by atoms with Gasteiger partial charge in [-0.3, -0.25) is 9.59 Å². The second-order valence-electron chi connectivity index (χ2n) is 12.3. The van der Waals surface area contributed by atoms with Gasteiger partial charge in [-0.15, -0.1) is 0 Å². The van der Waals surface area contributed by atoms with Crippen LogP contribution in [0.5, 0.6) is 0 Å². The van der Waals surface area contributed by atoms with E-state index in [4.69, 9.17) is 18.9 Å². The van der Waals surface area contributed by atoms with Crippen LogP contribution in [-0.2, 0) is 28.5 Å². The van der Waals surface area contributed by atoms with Gasteiger partial charge in [-0.05, 0) is 37.8 Å². The van der Waals surface area contributed by atoms with E-state index >= 15 is 0 Å². The molecule has 0 spiro atoms. The van der Waals surface area contributed by atoms with Crippen LogP contribution >= 0.6 is 0 Å². The minimum Gasteiger partial charge on any atom is -0.458 e. The summed E-state index contributed by atoms with van der Waals surface area (Å²) in [4.78, 5) is 24.5. The Morgan fingerprint density at radius 1 is 1.23 bits per heavy atom. The van der Waals surface area contributed by atoms with Crippen LogP contribution in [0.1, 0.15) is 81.1 Å². The fourth-order valence-corrected chi connectivity index (χ4v) is 5.48. The molecule has 0 saturated carbocycles. The third kappa shape index (κ3) is 9.82. The Morgan fingerprint density at radius 3 is 2.50 bits per heavy atom. The number of hydrogen-bond acceptors (Lipinski definition) is 8. The number of carbonyl (C=O) groups excluding carboxylic acids is 2. The van der Waals surface area contributed by atoms with Crippen LogP contribution in [0.25, 0.3) is 0 Å². The number of allylic oxidation sites excluding steroid dienone is 2. The van der Waals surface area contributed by atoms with Gasteiger partial charge in [0.2, 0.25) is 0 Å². The maximum atomic E-state index is 12.7. The van der Waals surface area contributed by atoms with E-state index in [-0.39, 0.29) is 48.5 Å². The monoisotopic (exact) mass is 564 g/mol. The Labute approximate surface area is 240 Å². The summed E-state index contributed by atoms with van der Waals surface area (Å²) >= 11 is 0. The Hall–Kier alpha value is -2.00. The number of rotatable bonds is 10. The summed E-state index contributed by atoms with van der Waals surface area (Å²) in [5.41, 5.74) is 0.396. The first-order chi connectivity index (χ1) is 18.7. The summed E-state index contributed by atoms with van der Waals surface area (Å²) < 4.78 is 22.8. The number of carbonyl (C=O) groups is 2. The summed E-state index contributed by atoms with van der Waals surface area (Å²) in [5, 5.41) is 21.3. The van der Waals surface area contributed by atoms with Gasteiger partial charge in [0.05, 0.1) is 30.8 Å². The zero-order chi connectivity index (χ0) is 30.2. The molecule has 0 aromatic rings. The lowest BCUT2D eigenvalue weighted by Gasteiger charge is -2.33. The first-order valence-electron chi connectivity index (χ1n) is 14.7. The van der Waals surface area contributed by atoms with Gasteiger partial charge in [0.25, 0.3) is 0 Å². The van der Waals surface area contributed by atoms with Gasteiger partial charge in [-0.2, -0.15) is 0 Å². The number of methoxy groups -OCH3 is 1. The molecule has 8 nitrogen and oxygen atoms in total. The Kier molecular flexibility index (Phi) is 13.1. The smallest absolute Gasteiger partial charge is 0.309 e. The summed E-state index contributed by atoms with van der Waals surface area (Å²) in [6.45, 7) is 15.3. The van der Waals surface area contributed by atoms with Crippen LogP contribution < -0.4 is 0 Å². The van der Waals surface area contributed by atoms with Crippen LogP contribution in [0.2, 0.25) is 0 Å². The summed E-state index contributed by atoms with van der Waals surface area (Å²) in [5.74, 6) is -0.989. The highest BCUT2D eigenvalue weighted by Crippen LogP contribution is 2.37. The minimum atomic E-state index is -0.844. The summed E-state index contributed by atoms with van der Waals surface area (Å²) in [6.07, 6.45) is 8.54. The van der Waals surface area contributed by atoms with E-state index in [2.05, 4.69) is 13.8 Å². The summed E-state index contributed by atoms with van der Waals surface area (Å²) in [7, 11) is 1.70. The standard InChI is InChI=1S/C32H52O8/c1-10-25(37-9)22(5)30-31(40-30)28(36)19(2)12-11-13-20(3)29-21(4)14-15-26(38-23(6)33)32(7,8)17-16-24(34)18-27(35)39-29/h11-15,19,21-22,24-26,28-31,34,36H,10,16-18H2,1-9H3/b12-11+,15-14+,20-13+/t19-,21+,22-,24-,25+,26-,28-,29-,30-,31-/m1/s1. The van der Waals surface area contributed by atoms with Crippen molar-refractivity contribution in [1.29, 1.82) is 0 Å². The molecule has 2 N–H and O–H groups in total. The quantitative estimate of drug-likeness (QED) is 0.166. The molecule has 2 aliphatic heterocycles. The van der Waals surface area contributed by atoms with E-state index in [1.807, 2.05) is 65.0 Å². The van der Waals surface area contributed by atoms with E-state index in [9.17, 15) is 19.8 Å². The Bertz CT molecular complexity index is 918. The number of aliphatic hydroxyl groups is 2. The van der Waals surface area contributed by atoms with E-state index in [1.165, 1.54) is 6.92 Å². The molecule has 0 aromatic carbocycles. The zero-order valence-corrected chi connectivity index (χ0v) is 25.8. The molecule has 0 aromatic heterocycles. The van der Waals surface area contributed by atoms with E-state index in [0.717, 1.165) is 12.0 Å². The minimum absolute atomic E-state index is 0.0209. The molecule has 1 fully saturated rings. The molecule has 0 bridgehead atoms. The number of epoxide rings is 1.